The summed E-state index contributed by atoms with van der Waals surface area (Å²) >= 11 is 0. The molecule has 5 aliphatic rings. The normalized spacial score (nSPS) is 43.5. The first-order valence-corrected chi connectivity index (χ1v) is 10.9. The van der Waals surface area contributed by atoms with Crippen LogP contribution in [0.15, 0.2) is 35.1 Å². The van der Waals surface area contributed by atoms with Gasteiger partial charge in [0.25, 0.3) is 0 Å². The second kappa shape index (κ2) is 6.28. The zero-order valence-electron chi connectivity index (χ0n) is 16.9. The number of nitrogens with zero attached hydrogens (tertiary/aromatic N) is 1. The summed E-state index contributed by atoms with van der Waals surface area (Å²) < 4.78 is 6.37. The summed E-state index contributed by atoms with van der Waals surface area (Å²) in [5, 5.41) is 22.3. The maximum atomic E-state index is 13.1. The lowest BCUT2D eigenvalue weighted by molar-refractivity contribution is -0.141. The number of likely N-dealkylation sites (tertiary alicyclic amines) is 1. The molecule has 0 aromatic rings. The fraction of sp³-hybridized carbons (Fsp3) is 0.696. The number of carbonyl (C=O) groups excluding carboxylic acids is 1. The molecular formula is C23H31NO4. The summed E-state index contributed by atoms with van der Waals surface area (Å²) in [6, 6.07) is 0.379. The van der Waals surface area contributed by atoms with Crippen molar-refractivity contribution in [2.75, 3.05) is 13.6 Å². The van der Waals surface area contributed by atoms with Gasteiger partial charge in [-0.1, -0.05) is 38.0 Å². The molecular weight excluding hydrogens is 354 g/mol. The minimum Gasteiger partial charge on any atom is -0.487 e. The third-order valence-corrected chi connectivity index (χ3v) is 7.96. The molecule has 0 aromatic carbocycles. The number of hydrogen-bond acceptors (Lipinski definition) is 5. The van der Waals surface area contributed by atoms with Crippen LogP contribution in [0.3, 0.4) is 0 Å². The fourth-order valence-electron chi connectivity index (χ4n) is 6.48. The number of ketones is 1. The van der Waals surface area contributed by atoms with E-state index in [2.05, 4.69) is 31.0 Å². The van der Waals surface area contributed by atoms with Gasteiger partial charge in [0.2, 0.25) is 0 Å². The van der Waals surface area contributed by atoms with Crippen LogP contribution in [0.1, 0.15) is 51.9 Å². The van der Waals surface area contributed by atoms with Gasteiger partial charge in [-0.25, -0.2) is 0 Å². The average Bonchev–Trinajstić information content (AvgIpc) is 3.04. The number of rotatable bonds is 5. The van der Waals surface area contributed by atoms with E-state index in [9.17, 15) is 15.0 Å². The van der Waals surface area contributed by atoms with Gasteiger partial charge in [-0.2, -0.15) is 0 Å². The third-order valence-electron chi connectivity index (χ3n) is 7.96. The predicted molar refractivity (Wildman–Crippen MR) is 105 cm³/mol. The highest BCUT2D eigenvalue weighted by atomic mass is 16.5. The van der Waals surface area contributed by atoms with E-state index in [1.165, 1.54) is 5.57 Å². The Kier molecular flexibility index (Phi) is 4.17. The molecule has 0 radical (unpaired) electrons. The maximum Gasteiger partial charge on any atom is 0.183 e. The molecule has 1 spiro atoms. The largest absolute Gasteiger partial charge is 0.487 e. The van der Waals surface area contributed by atoms with E-state index in [0.29, 0.717) is 24.6 Å². The van der Waals surface area contributed by atoms with Crippen LogP contribution in [0.4, 0.5) is 0 Å². The predicted octanol–water partition coefficient (Wildman–Crippen LogP) is 2.49. The molecule has 0 amide bonds. The summed E-state index contributed by atoms with van der Waals surface area (Å²) in [6.45, 7) is 3.05. The zero-order chi connectivity index (χ0) is 19.7. The van der Waals surface area contributed by atoms with Crippen molar-refractivity contribution in [3.8, 4) is 0 Å². The molecule has 1 saturated heterocycles. The van der Waals surface area contributed by atoms with Gasteiger partial charge in [0, 0.05) is 35.8 Å². The molecule has 5 heteroatoms. The number of hydrogen-bond donors (Lipinski definition) is 2. The first kappa shape index (κ1) is 18.6. The van der Waals surface area contributed by atoms with Crippen LogP contribution in [-0.2, 0) is 9.53 Å². The van der Waals surface area contributed by atoms with E-state index in [4.69, 9.17) is 4.74 Å². The Labute approximate surface area is 166 Å². The molecule has 1 unspecified atom stereocenters. The standard InChI is InChI=1S/C23H31NO4/c1-3-4-5-6-18(26)23(27)10-9-14-13-16-15-7-8-17(25)20-22(15,11-12-24(16)2)19(14)21(23)28-20/h7-9,15-17,20,25,27H,3-6,10-13H2,1-2H3/t15-,16+,17-,20-,22-,23?/m0/s1. The van der Waals surface area contributed by atoms with Crippen LogP contribution in [0.2, 0.25) is 0 Å². The van der Waals surface area contributed by atoms with Crippen molar-refractivity contribution < 1.29 is 19.7 Å². The molecule has 1 saturated carbocycles. The van der Waals surface area contributed by atoms with Crippen LogP contribution in [0.5, 0.6) is 0 Å². The van der Waals surface area contributed by atoms with Crippen molar-refractivity contribution in [1.29, 1.82) is 0 Å². The van der Waals surface area contributed by atoms with Gasteiger partial charge in [0.1, 0.15) is 18.0 Å². The molecule has 6 atom stereocenters. The zero-order valence-corrected chi connectivity index (χ0v) is 16.9. The second-order valence-electron chi connectivity index (χ2n) is 9.36. The van der Waals surface area contributed by atoms with E-state index >= 15 is 0 Å². The third kappa shape index (κ3) is 2.21. The lowest BCUT2D eigenvalue weighted by atomic mass is 9.51. The molecule has 2 fully saturated rings. The molecule has 5 nitrogen and oxygen atoms in total. The first-order valence-electron chi connectivity index (χ1n) is 10.9. The van der Waals surface area contributed by atoms with E-state index in [1.807, 2.05) is 6.08 Å². The van der Waals surface area contributed by atoms with Crippen molar-refractivity contribution in [3.63, 3.8) is 0 Å². The Morgan fingerprint density at radius 2 is 2.18 bits per heavy atom. The summed E-state index contributed by atoms with van der Waals surface area (Å²) in [5.41, 5.74) is 0.383. The topological polar surface area (TPSA) is 70.0 Å². The number of aliphatic hydroxyl groups excluding tert-OH is 1. The van der Waals surface area contributed by atoms with Crippen molar-refractivity contribution >= 4 is 5.78 Å². The molecule has 2 bridgehead atoms. The lowest BCUT2D eigenvalue weighted by Gasteiger charge is -2.58. The van der Waals surface area contributed by atoms with E-state index in [1.54, 1.807) is 0 Å². The monoisotopic (exact) mass is 385 g/mol. The number of ether oxygens (including phenoxy) is 1. The first-order chi connectivity index (χ1) is 13.4. The van der Waals surface area contributed by atoms with E-state index in [0.717, 1.165) is 44.2 Å². The quantitative estimate of drug-likeness (QED) is 0.562. The molecule has 2 heterocycles. The molecule has 28 heavy (non-hydrogen) atoms. The Bertz CT molecular complexity index is 798. The smallest absolute Gasteiger partial charge is 0.183 e. The summed E-state index contributed by atoms with van der Waals surface area (Å²) in [7, 11) is 2.17. The molecule has 0 aromatic heterocycles. The van der Waals surface area contributed by atoms with Gasteiger partial charge in [0.15, 0.2) is 11.4 Å². The summed E-state index contributed by atoms with van der Waals surface area (Å²) in [5.74, 6) is 0.581. The summed E-state index contributed by atoms with van der Waals surface area (Å²) in [4.78, 5) is 15.5. The highest BCUT2D eigenvalue weighted by molar-refractivity contribution is 5.91. The Morgan fingerprint density at radius 1 is 1.36 bits per heavy atom. The van der Waals surface area contributed by atoms with Gasteiger partial charge in [-0.3, -0.25) is 4.79 Å². The molecule has 5 rings (SSSR count). The van der Waals surface area contributed by atoms with Crippen LogP contribution in [0.25, 0.3) is 0 Å². The van der Waals surface area contributed by atoms with Crippen LogP contribution < -0.4 is 0 Å². The van der Waals surface area contributed by atoms with Crippen molar-refractivity contribution in [3.05, 3.63) is 35.1 Å². The lowest BCUT2D eigenvalue weighted by Crippen LogP contribution is -2.62. The van der Waals surface area contributed by atoms with Crippen molar-refractivity contribution in [2.24, 2.45) is 11.3 Å². The van der Waals surface area contributed by atoms with Gasteiger partial charge in [-0.05, 0) is 38.4 Å². The minimum atomic E-state index is -1.57. The fourth-order valence-corrected chi connectivity index (χ4v) is 6.48. The Morgan fingerprint density at radius 3 is 2.96 bits per heavy atom. The minimum absolute atomic E-state index is 0.136. The van der Waals surface area contributed by atoms with Crippen molar-refractivity contribution in [2.45, 2.75) is 75.7 Å². The Hall–Kier alpha value is -1.43. The van der Waals surface area contributed by atoms with Crippen LogP contribution in [-0.4, -0.2) is 58.3 Å². The van der Waals surface area contributed by atoms with Gasteiger partial charge in [-0.15, -0.1) is 0 Å². The molecule has 152 valence electrons. The van der Waals surface area contributed by atoms with Gasteiger partial charge >= 0.3 is 0 Å². The van der Waals surface area contributed by atoms with Gasteiger partial charge in [0.05, 0.1) is 0 Å². The number of aliphatic hydroxyl groups is 2. The van der Waals surface area contributed by atoms with Crippen LogP contribution in [0, 0.1) is 11.3 Å². The number of Topliss-reactive ketones (excluding diaryl/α,β-unsaturated/α-hetero) is 1. The number of piperidine rings is 1. The van der Waals surface area contributed by atoms with E-state index < -0.39 is 17.8 Å². The van der Waals surface area contributed by atoms with Crippen molar-refractivity contribution in [1.82, 2.24) is 4.90 Å². The second-order valence-corrected chi connectivity index (χ2v) is 9.36. The highest BCUT2D eigenvalue weighted by Gasteiger charge is 2.67. The SMILES string of the molecule is CCCCCC(=O)C1(O)CC=C2C[C@@H]3[C@@H]4C=C[C@H](O)[C@@H]5OC1=C2[C@]45CCN3C. The van der Waals surface area contributed by atoms with Crippen LogP contribution >= 0.6 is 0 Å². The van der Waals surface area contributed by atoms with Gasteiger partial charge < -0.3 is 19.8 Å². The molecule has 3 aliphatic carbocycles. The Balaban J connectivity index is 1.60. The summed E-state index contributed by atoms with van der Waals surface area (Å²) in [6.07, 6.45) is 10.3. The molecule has 2 N–H and O–H groups in total. The highest BCUT2D eigenvalue weighted by Crippen LogP contribution is 2.65. The average molecular weight is 386 g/mol. The maximum absolute atomic E-state index is 13.1. The number of carbonyl (C=O) groups is 1. The number of unbranched alkanes of at least 4 members (excludes halogenated alkanes) is 2. The van der Waals surface area contributed by atoms with E-state index in [-0.39, 0.29) is 17.1 Å². The molecule has 2 aliphatic heterocycles.